The number of nitrogens with one attached hydrogen (secondary N) is 2. The first-order valence-corrected chi connectivity index (χ1v) is 6.68. The average molecular weight is 285 g/mol. The number of hydrogen-bond donors (Lipinski definition) is 2. The van der Waals surface area contributed by atoms with Crippen LogP contribution >= 0.6 is 11.6 Å². The number of amides is 2. The van der Waals surface area contributed by atoms with Gasteiger partial charge in [-0.3, -0.25) is 19.6 Å². The van der Waals surface area contributed by atoms with Crippen LogP contribution in [0.15, 0.2) is 0 Å². The van der Waals surface area contributed by atoms with Crippen LogP contribution in [0.3, 0.4) is 0 Å². The Balaban J connectivity index is 2.01. The number of imide groups is 1. The number of rotatable bonds is 4. The molecule has 7 heteroatoms. The lowest BCUT2D eigenvalue weighted by molar-refractivity contribution is -0.134. The SMILES string of the molecule is CCc1nn(C)c(CNC2CCC(=O)NC2=O)c1Cl. The second-order valence-corrected chi connectivity index (χ2v) is 4.95. The summed E-state index contributed by atoms with van der Waals surface area (Å²) in [6, 6.07) is -0.353. The van der Waals surface area contributed by atoms with Crippen LogP contribution in [0.2, 0.25) is 5.02 Å². The Morgan fingerprint density at radius 2 is 2.26 bits per heavy atom. The minimum atomic E-state index is -0.353. The first-order valence-electron chi connectivity index (χ1n) is 6.30. The molecular weight excluding hydrogens is 268 g/mol. The van der Waals surface area contributed by atoms with E-state index in [1.54, 1.807) is 4.68 Å². The van der Waals surface area contributed by atoms with Crippen LogP contribution in [0.4, 0.5) is 0 Å². The van der Waals surface area contributed by atoms with Gasteiger partial charge in [0, 0.05) is 20.0 Å². The van der Waals surface area contributed by atoms with E-state index < -0.39 is 0 Å². The van der Waals surface area contributed by atoms with Gasteiger partial charge in [-0.05, 0) is 12.8 Å². The molecule has 1 aliphatic heterocycles. The van der Waals surface area contributed by atoms with E-state index in [1.165, 1.54) is 0 Å². The molecule has 0 saturated carbocycles. The van der Waals surface area contributed by atoms with E-state index in [4.69, 9.17) is 11.6 Å². The number of aryl methyl sites for hydroxylation is 2. The Hall–Kier alpha value is -1.40. The molecule has 1 aromatic rings. The van der Waals surface area contributed by atoms with Crippen LogP contribution in [0.5, 0.6) is 0 Å². The lowest BCUT2D eigenvalue weighted by atomic mass is 10.1. The Kier molecular flexibility index (Phi) is 4.21. The van der Waals surface area contributed by atoms with Gasteiger partial charge in [0.05, 0.1) is 22.5 Å². The number of piperidine rings is 1. The van der Waals surface area contributed by atoms with Crippen molar-refractivity contribution in [2.24, 2.45) is 7.05 Å². The van der Waals surface area contributed by atoms with Crippen LogP contribution < -0.4 is 10.6 Å². The highest BCUT2D eigenvalue weighted by Crippen LogP contribution is 2.20. The summed E-state index contributed by atoms with van der Waals surface area (Å²) < 4.78 is 1.72. The van der Waals surface area contributed by atoms with Gasteiger partial charge in [0.15, 0.2) is 0 Å². The molecule has 104 valence electrons. The van der Waals surface area contributed by atoms with E-state index in [-0.39, 0.29) is 17.9 Å². The number of carbonyl (C=O) groups is 2. The second kappa shape index (κ2) is 5.71. The molecule has 2 N–H and O–H groups in total. The Morgan fingerprint density at radius 3 is 2.84 bits per heavy atom. The average Bonchev–Trinajstić information content (AvgIpc) is 2.64. The van der Waals surface area contributed by atoms with Gasteiger partial charge in [-0.2, -0.15) is 5.10 Å². The standard InChI is InChI=1S/C12H17ClN4O2/c1-3-7-11(13)9(17(2)16-7)6-14-8-4-5-10(18)15-12(8)19/h8,14H,3-6H2,1-2H3,(H,15,18,19). The third kappa shape index (κ3) is 2.96. The van der Waals surface area contributed by atoms with Gasteiger partial charge < -0.3 is 5.32 Å². The molecule has 1 saturated heterocycles. The molecule has 2 amide bonds. The Labute approximate surface area is 116 Å². The van der Waals surface area contributed by atoms with Crippen molar-refractivity contribution in [1.29, 1.82) is 0 Å². The van der Waals surface area contributed by atoms with Crippen molar-refractivity contribution in [3.8, 4) is 0 Å². The predicted octanol–water partition coefficient (Wildman–Crippen LogP) is 0.531. The fourth-order valence-electron chi connectivity index (χ4n) is 2.12. The number of aromatic nitrogens is 2. The first-order chi connectivity index (χ1) is 9.02. The normalized spacial score (nSPS) is 19.6. The lowest BCUT2D eigenvalue weighted by Crippen LogP contribution is -2.50. The van der Waals surface area contributed by atoms with Crippen molar-refractivity contribution < 1.29 is 9.59 Å². The Morgan fingerprint density at radius 1 is 1.53 bits per heavy atom. The topological polar surface area (TPSA) is 76.0 Å². The summed E-state index contributed by atoms with van der Waals surface area (Å²) in [6.07, 6.45) is 1.65. The zero-order valence-corrected chi connectivity index (χ0v) is 11.8. The molecule has 1 atom stereocenters. The summed E-state index contributed by atoms with van der Waals surface area (Å²) in [4.78, 5) is 22.7. The van der Waals surface area contributed by atoms with Crippen molar-refractivity contribution in [2.75, 3.05) is 0 Å². The van der Waals surface area contributed by atoms with Gasteiger partial charge >= 0.3 is 0 Å². The molecule has 1 unspecified atom stereocenters. The third-order valence-corrected chi connectivity index (χ3v) is 3.69. The maximum absolute atomic E-state index is 11.6. The van der Waals surface area contributed by atoms with Gasteiger partial charge in [-0.15, -0.1) is 0 Å². The zero-order valence-electron chi connectivity index (χ0n) is 11.0. The van der Waals surface area contributed by atoms with E-state index in [0.717, 1.165) is 17.8 Å². The van der Waals surface area contributed by atoms with Gasteiger partial charge in [0.25, 0.3) is 0 Å². The smallest absolute Gasteiger partial charge is 0.243 e. The largest absolute Gasteiger partial charge is 0.300 e. The summed E-state index contributed by atoms with van der Waals surface area (Å²) in [5.74, 6) is -0.486. The summed E-state index contributed by atoms with van der Waals surface area (Å²) >= 11 is 6.23. The van der Waals surface area contributed by atoms with Crippen molar-refractivity contribution in [1.82, 2.24) is 20.4 Å². The number of carbonyl (C=O) groups excluding carboxylic acids is 2. The van der Waals surface area contributed by atoms with Gasteiger partial charge in [-0.25, -0.2) is 0 Å². The van der Waals surface area contributed by atoms with Crippen LogP contribution in [-0.4, -0.2) is 27.6 Å². The number of nitrogens with zero attached hydrogens (tertiary/aromatic N) is 2. The van der Waals surface area contributed by atoms with Gasteiger partial charge in [0.2, 0.25) is 11.8 Å². The van der Waals surface area contributed by atoms with Crippen LogP contribution in [0.25, 0.3) is 0 Å². The van der Waals surface area contributed by atoms with Gasteiger partial charge in [-0.1, -0.05) is 18.5 Å². The second-order valence-electron chi connectivity index (χ2n) is 4.57. The third-order valence-electron chi connectivity index (χ3n) is 3.26. The van der Waals surface area contributed by atoms with E-state index in [2.05, 4.69) is 15.7 Å². The van der Waals surface area contributed by atoms with Crippen LogP contribution in [0.1, 0.15) is 31.2 Å². The highest BCUT2D eigenvalue weighted by Gasteiger charge is 2.26. The summed E-state index contributed by atoms with van der Waals surface area (Å²) in [5.41, 5.74) is 1.70. The summed E-state index contributed by atoms with van der Waals surface area (Å²) in [6.45, 7) is 2.44. The molecule has 2 rings (SSSR count). The van der Waals surface area contributed by atoms with Gasteiger partial charge in [0.1, 0.15) is 0 Å². The molecule has 1 aliphatic rings. The zero-order chi connectivity index (χ0) is 14.0. The molecule has 2 heterocycles. The molecule has 6 nitrogen and oxygen atoms in total. The summed E-state index contributed by atoms with van der Waals surface area (Å²) in [7, 11) is 1.83. The quantitative estimate of drug-likeness (QED) is 0.791. The molecule has 0 spiro atoms. The van der Waals surface area contributed by atoms with Crippen molar-refractivity contribution in [2.45, 2.75) is 38.8 Å². The Bertz CT molecular complexity index is 512. The van der Waals surface area contributed by atoms with Crippen molar-refractivity contribution >= 4 is 23.4 Å². The molecule has 19 heavy (non-hydrogen) atoms. The van der Waals surface area contributed by atoms with E-state index in [0.29, 0.717) is 24.4 Å². The highest BCUT2D eigenvalue weighted by atomic mass is 35.5. The van der Waals surface area contributed by atoms with E-state index in [1.807, 2.05) is 14.0 Å². The highest BCUT2D eigenvalue weighted by molar-refractivity contribution is 6.31. The minimum absolute atomic E-state index is 0.213. The van der Waals surface area contributed by atoms with Crippen LogP contribution in [0, 0.1) is 0 Å². The number of halogens is 1. The van der Waals surface area contributed by atoms with E-state index in [9.17, 15) is 9.59 Å². The molecule has 1 aromatic heterocycles. The fourth-order valence-corrected chi connectivity index (χ4v) is 2.48. The van der Waals surface area contributed by atoms with Crippen molar-refractivity contribution in [3.63, 3.8) is 0 Å². The van der Waals surface area contributed by atoms with Crippen LogP contribution in [-0.2, 0) is 29.6 Å². The minimum Gasteiger partial charge on any atom is -0.300 e. The molecule has 0 aromatic carbocycles. The van der Waals surface area contributed by atoms with Crippen molar-refractivity contribution in [3.05, 3.63) is 16.4 Å². The lowest BCUT2D eigenvalue weighted by Gasteiger charge is -2.21. The predicted molar refractivity (Wildman–Crippen MR) is 70.6 cm³/mol. The monoisotopic (exact) mass is 284 g/mol. The molecular formula is C12H17ClN4O2. The number of hydrogen-bond acceptors (Lipinski definition) is 4. The fraction of sp³-hybridized carbons (Fsp3) is 0.583. The molecule has 0 aliphatic carbocycles. The summed E-state index contributed by atoms with van der Waals surface area (Å²) in [5, 5.41) is 10.4. The first kappa shape index (κ1) is 14.0. The van der Waals surface area contributed by atoms with E-state index >= 15 is 0 Å². The molecule has 0 radical (unpaired) electrons. The maximum Gasteiger partial charge on any atom is 0.243 e. The maximum atomic E-state index is 11.6. The molecule has 1 fully saturated rings. The molecule has 0 bridgehead atoms.